The number of carboxylic acid groups (broad SMARTS) is 2. The number of benzene rings is 1. The molecule has 10 heteroatoms. The van der Waals surface area contributed by atoms with Crippen molar-refractivity contribution in [2.75, 3.05) is 40.4 Å². The smallest absolute Gasteiger partial charge is 0.306 e. The van der Waals surface area contributed by atoms with Crippen LogP contribution >= 0.6 is 0 Å². The first-order valence-corrected chi connectivity index (χ1v) is 10.3. The number of esters is 2. The van der Waals surface area contributed by atoms with E-state index < -0.39 is 11.9 Å². The predicted octanol–water partition coefficient (Wildman–Crippen LogP) is 1.37. The van der Waals surface area contributed by atoms with Crippen molar-refractivity contribution in [3.8, 4) is 0 Å². The molecule has 1 rings (SSSR count). The van der Waals surface area contributed by atoms with Crippen LogP contribution in [0.2, 0.25) is 0 Å². The minimum Gasteiger partial charge on any atom is -0.481 e. The monoisotopic (exact) mass is 452 g/mol. The summed E-state index contributed by atoms with van der Waals surface area (Å²) < 4.78 is 9.39. The molecule has 0 aromatic heterocycles. The van der Waals surface area contributed by atoms with Crippen molar-refractivity contribution < 1.29 is 38.9 Å². The minimum absolute atomic E-state index is 0.0753. The van der Waals surface area contributed by atoms with E-state index >= 15 is 0 Å². The van der Waals surface area contributed by atoms with Gasteiger partial charge < -0.3 is 19.7 Å². The Labute approximate surface area is 187 Å². The molecule has 0 saturated heterocycles. The highest BCUT2D eigenvalue weighted by Gasteiger charge is 2.14. The molecule has 0 atom stereocenters. The fourth-order valence-electron chi connectivity index (χ4n) is 3.09. The van der Waals surface area contributed by atoms with Crippen LogP contribution in [0.3, 0.4) is 0 Å². The second-order valence-corrected chi connectivity index (χ2v) is 7.31. The van der Waals surface area contributed by atoms with Crippen LogP contribution in [0.1, 0.15) is 36.8 Å². The van der Waals surface area contributed by atoms with Crippen molar-refractivity contribution >= 4 is 23.9 Å². The molecule has 0 amide bonds. The Hall–Kier alpha value is -2.98. The third kappa shape index (κ3) is 12.0. The molecule has 1 aromatic carbocycles. The fourth-order valence-corrected chi connectivity index (χ4v) is 3.09. The number of carbonyl (C=O) groups excluding carboxylic acids is 2. The third-order valence-corrected chi connectivity index (χ3v) is 4.81. The molecular weight excluding hydrogens is 420 g/mol. The van der Waals surface area contributed by atoms with Crippen molar-refractivity contribution in [3.05, 3.63) is 35.4 Å². The zero-order valence-corrected chi connectivity index (χ0v) is 18.6. The van der Waals surface area contributed by atoms with E-state index in [-0.39, 0.29) is 50.7 Å². The van der Waals surface area contributed by atoms with Crippen LogP contribution in [0.4, 0.5) is 0 Å². The van der Waals surface area contributed by atoms with Gasteiger partial charge in [-0.05, 0) is 11.1 Å². The largest absolute Gasteiger partial charge is 0.481 e. The van der Waals surface area contributed by atoms with Crippen molar-refractivity contribution in [1.82, 2.24) is 9.80 Å². The molecule has 178 valence electrons. The lowest BCUT2D eigenvalue weighted by atomic mass is 10.1. The number of ether oxygens (including phenoxy) is 2. The highest BCUT2D eigenvalue weighted by Crippen LogP contribution is 2.13. The number of carboxylic acids is 2. The fraction of sp³-hybridized carbons (Fsp3) is 0.545. The highest BCUT2D eigenvalue weighted by atomic mass is 16.5. The molecule has 0 aliphatic rings. The van der Waals surface area contributed by atoms with Crippen LogP contribution < -0.4 is 0 Å². The van der Waals surface area contributed by atoms with E-state index in [4.69, 9.17) is 19.7 Å². The van der Waals surface area contributed by atoms with Gasteiger partial charge in [0.15, 0.2) is 0 Å². The van der Waals surface area contributed by atoms with Crippen LogP contribution in [0, 0.1) is 0 Å². The van der Waals surface area contributed by atoms with Gasteiger partial charge in [-0.15, -0.1) is 0 Å². The van der Waals surface area contributed by atoms with E-state index in [1.165, 1.54) is 14.2 Å². The Kier molecular flexibility index (Phi) is 12.6. The number of rotatable bonds is 16. The summed E-state index contributed by atoms with van der Waals surface area (Å²) >= 11 is 0. The lowest BCUT2D eigenvalue weighted by Gasteiger charge is -2.23. The Morgan fingerprint density at radius 3 is 1.44 bits per heavy atom. The molecule has 0 heterocycles. The number of nitrogens with zero attached hydrogens (tertiary/aromatic N) is 2. The quantitative estimate of drug-likeness (QED) is 0.354. The third-order valence-electron chi connectivity index (χ3n) is 4.81. The Morgan fingerprint density at radius 1 is 0.719 bits per heavy atom. The normalized spacial score (nSPS) is 10.9. The highest BCUT2D eigenvalue weighted by molar-refractivity contribution is 5.70. The SMILES string of the molecule is COC(=O)CCN(CCC(=O)OC)Cc1cccc(CN(CCC(=O)O)CCC(=O)O)c1. The molecule has 0 bridgehead atoms. The number of methoxy groups -OCH3 is 2. The topological polar surface area (TPSA) is 134 Å². The molecule has 2 N–H and O–H groups in total. The molecule has 1 aromatic rings. The standard InChI is InChI=1S/C22H32N2O8/c1-31-21(29)8-12-24(13-9-22(30)32-2)16-18-5-3-4-17(14-18)15-23(10-6-19(25)26)11-7-20(27)28/h3-5,14H,6-13,15-16H2,1-2H3,(H,25,26)(H,27,28). The van der Waals surface area contributed by atoms with E-state index in [0.717, 1.165) is 11.1 Å². The zero-order chi connectivity index (χ0) is 23.9. The van der Waals surface area contributed by atoms with Crippen LogP contribution in [0.25, 0.3) is 0 Å². The van der Waals surface area contributed by atoms with E-state index in [0.29, 0.717) is 26.2 Å². The van der Waals surface area contributed by atoms with Crippen molar-refractivity contribution in [2.24, 2.45) is 0 Å². The maximum Gasteiger partial charge on any atom is 0.306 e. The van der Waals surface area contributed by atoms with E-state index in [9.17, 15) is 19.2 Å². The summed E-state index contributed by atoms with van der Waals surface area (Å²) in [4.78, 5) is 48.6. The Bertz CT molecular complexity index is 730. The average molecular weight is 453 g/mol. The van der Waals surface area contributed by atoms with Crippen LogP contribution in [-0.4, -0.2) is 84.3 Å². The van der Waals surface area contributed by atoms with Gasteiger partial charge in [-0.1, -0.05) is 24.3 Å². The molecule has 0 aliphatic carbocycles. The first-order valence-electron chi connectivity index (χ1n) is 10.3. The first kappa shape index (κ1) is 27.1. The van der Waals surface area contributed by atoms with Gasteiger partial charge in [-0.25, -0.2) is 0 Å². The van der Waals surface area contributed by atoms with E-state index in [1.54, 1.807) is 4.90 Å². The van der Waals surface area contributed by atoms with E-state index in [1.807, 2.05) is 29.2 Å². The average Bonchev–Trinajstić information content (AvgIpc) is 2.76. The summed E-state index contributed by atoms with van der Waals surface area (Å²) in [7, 11) is 2.65. The summed E-state index contributed by atoms with van der Waals surface area (Å²) in [6, 6.07) is 7.64. The molecule has 0 fully saturated rings. The van der Waals surface area contributed by atoms with E-state index in [2.05, 4.69) is 0 Å². The maximum absolute atomic E-state index is 11.5. The molecule has 32 heavy (non-hydrogen) atoms. The van der Waals surface area contributed by atoms with Gasteiger partial charge in [0.25, 0.3) is 0 Å². The molecule has 0 radical (unpaired) electrons. The number of hydrogen-bond acceptors (Lipinski definition) is 8. The van der Waals surface area contributed by atoms with Gasteiger partial charge in [-0.3, -0.25) is 29.0 Å². The molecule has 0 saturated carbocycles. The van der Waals surface area contributed by atoms with Gasteiger partial charge in [0.2, 0.25) is 0 Å². The summed E-state index contributed by atoms with van der Waals surface area (Å²) in [6.45, 7) is 2.23. The second kappa shape index (κ2) is 14.9. The van der Waals surface area contributed by atoms with Gasteiger partial charge >= 0.3 is 23.9 Å². The minimum atomic E-state index is -0.939. The second-order valence-electron chi connectivity index (χ2n) is 7.31. The molecule has 10 nitrogen and oxygen atoms in total. The van der Waals surface area contributed by atoms with Gasteiger partial charge in [0.05, 0.1) is 39.9 Å². The van der Waals surface area contributed by atoms with Crippen LogP contribution in [-0.2, 0) is 41.7 Å². The summed E-state index contributed by atoms with van der Waals surface area (Å²) in [5.41, 5.74) is 1.87. The summed E-state index contributed by atoms with van der Waals surface area (Å²) in [5.74, 6) is -2.56. The number of aliphatic carboxylic acids is 2. The van der Waals surface area contributed by atoms with Crippen molar-refractivity contribution in [1.29, 1.82) is 0 Å². The Morgan fingerprint density at radius 2 is 1.09 bits per heavy atom. The summed E-state index contributed by atoms with van der Waals surface area (Å²) in [5, 5.41) is 17.9. The molecule has 0 spiro atoms. The first-order chi connectivity index (χ1) is 15.2. The Balaban J connectivity index is 2.84. The number of hydrogen-bond donors (Lipinski definition) is 2. The van der Waals surface area contributed by atoms with Gasteiger partial charge in [-0.2, -0.15) is 0 Å². The summed E-state index contributed by atoms with van der Waals surface area (Å²) in [6.07, 6.45) is 0.229. The van der Waals surface area contributed by atoms with Gasteiger partial charge in [0, 0.05) is 39.3 Å². The predicted molar refractivity (Wildman–Crippen MR) is 115 cm³/mol. The number of carbonyl (C=O) groups is 4. The van der Waals surface area contributed by atoms with Crippen molar-refractivity contribution in [3.63, 3.8) is 0 Å². The molecular formula is C22H32N2O8. The molecule has 0 unspecified atom stereocenters. The van der Waals surface area contributed by atoms with Gasteiger partial charge in [0.1, 0.15) is 0 Å². The zero-order valence-electron chi connectivity index (χ0n) is 18.6. The molecule has 0 aliphatic heterocycles. The van der Waals surface area contributed by atoms with Crippen LogP contribution in [0.5, 0.6) is 0 Å². The van der Waals surface area contributed by atoms with Crippen molar-refractivity contribution in [2.45, 2.75) is 38.8 Å². The maximum atomic E-state index is 11.5. The van der Waals surface area contributed by atoms with Crippen LogP contribution in [0.15, 0.2) is 24.3 Å². The lowest BCUT2D eigenvalue weighted by Crippen LogP contribution is -2.29. The lowest BCUT2D eigenvalue weighted by molar-refractivity contribution is -0.142.